The highest BCUT2D eigenvalue weighted by Crippen LogP contribution is 2.13. The fourth-order valence-electron chi connectivity index (χ4n) is 2.18. The maximum absolute atomic E-state index is 11.3. The molecular weight excluding hydrogens is 306 g/mol. The number of nitrogens with zero attached hydrogens (tertiary/aromatic N) is 1. The molecule has 0 radical (unpaired) electrons. The molecule has 0 amide bonds. The van der Waals surface area contributed by atoms with Gasteiger partial charge in [-0.1, -0.05) is 25.5 Å². The third kappa shape index (κ3) is 4.21. The van der Waals surface area contributed by atoms with Crippen LogP contribution in [0.2, 0.25) is 0 Å². The number of benzene rings is 1. The molecule has 0 atom stereocenters. The first kappa shape index (κ1) is 16.0. The average molecular weight is 328 g/mol. The molecule has 0 saturated carbocycles. The molecule has 1 aromatic carbocycles. The summed E-state index contributed by atoms with van der Waals surface area (Å²) in [6.45, 7) is 4.36. The van der Waals surface area contributed by atoms with Crippen LogP contribution >= 0.6 is 17.0 Å². The second-order valence-corrected chi connectivity index (χ2v) is 4.83. The molecule has 0 saturated heterocycles. The van der Waals surface area contributed by atoms with E-state index in [2.05, 4.69) is 34.9 Å². The van der Waals surface area contributed by atoms with Gasteiger partial charge in [-0.3, -0.25) is 0 Å². The Morgan fingerprint density at radius 2 is 2.00 bits per heavy atom. The van der Waals surface area contributed by atoms with Gasteiger partial charge in [0.2, 0.25) is 0 Å². The van der Waals surface area contributed by atoms with Crippen molar-refractivity contribution in [1.82, 2.24) is 14.9 Å². The molecule has 0 aliphatic carbocycles. The van der Waals surface area contributed by atoms with E-state index in [1.165, 1.54) is 18.4 Å². The van der Waals surface area contributed by atoms with Gasteiger partial charge in [0.25, 0.3) is 0 Å². The van der Waals surface area contributed by atoms with E-state index in [9.17, 15) is 4.79 Å². The highest BCUT2D eigenvalue weighted by atomic mass is 79.9. The molecule has 0 bridgehead atoms. The number of para-hydroxylation sites is 1. The lowest BCUT2D eigenvalue weighted by Crippen LogP contribution is -2.22. The first-order chi connectivity index (χ1) is 8.70. The maximum Gasteiger partial charge on any atom is 0.323 e. The molecule has 4 nitrogen and oxygen atoms in total. The molecule has 2 rings (SSSR count). The minimum atomic E-state index is -0.128. The molecule has 0 aliphatic rings. The summed E-state index contributed by atoms with van der Waals surface area (Å²) in [5.41, 5.74) is 2.92. The van der Waals surface area contributed by atoms with Gasteiger partial charge in [0.15, 0.2) is 0 Å². The predicted molar refractivity (Wildman–Crippen MR) is 85.4 cm³/mol. The van der Waals surface area contributed by atoms with Crippen LogP contribution in [-0.2, 0) is 6.42 Å². The number of nitrogens with one attached hydrogen (secondary N) is 2. The molecule has 0 fully saturated rings. The molecule has 1 aromatic heterocycles. The summed E-state index contributed by atoms with van der Waals surface area (Å²) in [7, 11) is 2.15. The van der Waals surface area contributed by atoms with E-state index in [1.807, 2.05) is 12.1 Å². The number of aromatic amines is 2. The van der Waals surface area contributed by atoms with Crippen molar-refractivity contribution < 1.29 is 0 Å². The molecule has 2 N–H and O–H groups in total. The van der Waals surface area contributed by atoms with Gasteiger partial charge in [-0.25, -0.2) is 4.79 Å². The van der Waals surface area contributed by atoms with Crippen LogP contribution in [0, 0.1) is 0 Å². The fourth-order valence-corrected chi connectivity index (χ4v) is 2.18. The van der Waals surface area contributed by atoms with Crippen LogP contribution < -0.4 is 5.69 Å². The van der Waals surface area contributed by atoms with Gasteiger partial charge in [-0.15, -0.1) is 17.0 Å². The van der Waals surface area contributed by atoms with Crippen LogP contribution in [0.3, 0.4) is 0 Å². The van der Waals surface area contributed by atoms with Crippen molar-refractivity contribution in [3.63, 3.8) is 0 Å². The number of fused-ring (bicyclic) bond motifs is 1. The minimum absolute atomic E-state index is 0. The Bertz CT molecular complexity index is 561. The normalized spacial score (nSPS) is 10.9. The third-order valence-electron chi connectivity index (χ3n) is 3.29. The van der Waals surface area contributed by atoms with Crippen LogP contribution in [0.25, 0.3) is 11.0 Å². The quantitative estimate of drug-likeness (QED) is 0.857. The summed E-state index contributed by atoms with van der Waals surface area (Å²) in [6.07, 6.45) is 3.43. The van der Waals surface area contributed by atoms with E-state index in [-0.39, 0.29) is 22.7 Å². The molecule has 0 spiro atoms. The smallest absolute Gasteiger partial charge is 0.306 e. The van der Waals surface area contributed by atoms with Gasteiger partial charge < -0.3 is 14.9 Å². The minimum Gasteiger partial charge on any atom is -0.306 e. The lowest BCUT2D eigenvalue weighted by atomic mass is 10.1. The van der Waals surface area contributed by atoms with Crippen molar-refractivity contribution >= 4 is 28.0 Å². The number of rotatable bonds is 6. The van der Waals surface area contributed by atoms with Gasteiger partial charge in [0.05, 0.1) is 11.0 Å². The highest BCUT2D eigenvalue weighted by Gasteiger charge is 2.05. The summed E-state index contributed by atoms with van der Waals surface area (Å²) in [5, 5.41) is 0. The van der Waals surface area contributed by atoms with Crippen LogP contribution in [0.15, 0.2) is 23.0 Å². The largest absolute Gasteiger partial charge is 0.323 e. The molecule has 0 unspecified atom stereocenters. The summed E-state index contributed by atoms with van der Waals surface area (Å²) in [6, 6.07) is 6.00. The van der Waals surface area contributed by atoms with E-state index in [1.54, 1.807) is 0 Å². The number of imidazole rings is 1. The summed E-state index contributed by atoms with van der Waals surface area (Å²) >= 11 is 0. The Morgan fingerprint density at radius 3 is 2.74 bits per heavy atom. The van der Waals surface area contributed by atoms with Crippen LogP contribution in [0.1, 0.15) is 25.3 Å². The number of H-pyrrole nitrogens is 2. The molecular formula is C14H22BrN3O. The van der Waals surface area contributed by atoms with E-state index in [0.29, 0.717) is 0 Å². The number of hydrogen-bond acceptors (Lipinski definition) is 2. The molecule has 1 heterocycles. The Labute approximate surface area is 124 Å². The Hall–Kier alpha value is -1.07. The first-order valence-electron chi connectivity index (χ1n) is 6.59. The second-order valence-electron chi connectivity index (χ2n) is 4.83. The predicted octanol–water partition coefficient (Wildman–Crippen LogP) is 2.71. The van der Waals surface area contributed by atoms with Crippen molar-refractivity contribution in [2.24, 2.45) is 0 Å². The zero-order valence-corrected chi connectivity index (χ0v) is 13.2. The molecule has 19 heavy (non-hydrogen) atoms. The lowest BCUT2D eigenvalue weighted by Gasteiger charge is -2.16. The van der Waals surface area contributed by atoms with Crippen LogP contribution in [0.4, 0.5) is 0 Å². The standard InChI is InChI=1S/C14H21N3O.BrH/c1-3-4-9-17(2)10-8-11-6-5-7-12-13(11)16-14(18)15-12;/h5-7H,3-4,8-10H2,1-2H3,(H2,15,16,18);1H. The van der Waals surface area contributed by atoms with Gasteiger partial charge >= 0.3 is 5.69 Å². The van der Waals surface area contributed by atoms with Crippen molar-refractivity contribution in [2.75, 3.05) is 20.1 Å². The Balaban J connectivity index is 0.00000180. The number of aromatic nitrogens is 2. The van der Waals surface area contributed by atoms with Crippen molar-refractivity contribution in [1.29, 1.82) is 0 Å². The fraction of sp³-hybridized carbons (Fsp3) is 0.500. The van der Waals surface area contributed by atoms with E-state index < -0.39 is 0 Å². The average Bonchev–Trinajstić information content (AvgIpc) is 2.74. The van der Waals surface area contributed by atoms with Crippen LogP contribution in [-0.4, -0.2) is 35.0 Å². The Morgan fingerprint density at radius 1 is 1.21 bits per heavy atom. The number of likely N-dealkylation sites (N-methyl/N-ethyl adjacent to an activating group) is 1. The number of halogens is 1. The monoisotopic (exact) mass is 327 g/mol. The molecule has 2 aromatic rings. The van der Waals surface area contributed by atoms with Gasteiger partial charge in [-0.2, -0.15) is 0 Å². The summed E-state index contributed by atoms with van der Waals surface area (Å²) in [4.78, 5) is 19.3. The lowest BCUT2D eigenvalue weighted by molar-refractivity contribution is 0.332. The van der Waals surface area contributed by atoms with E-state index in [0.717, 1.165) is 30.5 Å². The van der Waals surface area contributed by atoms with E-state index in [4.69, 9.17) is 0 Å². The zero-order valence-electron chi connectivity index (χ0n) is 11.5. The SMILES string of the molecule is Br.CCCCN(C)CCc1cccc2[nH]c(=O)[nH]c12. The molecule has 5 heteroatoms. The van der Waals surface area contributed by atoms with Crippen molar-refractivity contribution in [2.45, 2.75) is 26.2 Å². The topological polar surface area (TPSA) is 51.9 Å². The van der Waals surface area contributed by atoms with Gasteiger partial charge in [0, 0.05) is 6.54 Å². The summed E-state index contributed by atoms with van der Waals surface area (Å²) in [5.74, 6) is 0. The molecule has 0 aliphatic heterocycles. The Kier molecular flexibility index (Phi) is 6.31. The first-order valence-corrected chi connectivity index (χ1v) is 6.59. The zero-order chi connectivity index (χ0) is 13.0. The second kappa shape index (κ2) is 7.50. The number of unbranched alkanes of at least 4 members (excludes halogenated alkanes) is 1. The van der Waals surface area contributed by atoms with Gasteiger partial charge in [-0.05, 0) is 38.1 Å². The summed E-state index contributed by atoms with van der Waals surface area (Å²) < 4.78 is 0. The number of hydrogen-bond donors (Lipinski definition) is 2. The van der Waals surface area contributed by atoms with E-state index >= 15 is 0 Å². The van der Waals surface area contributed by atoms with Crippen molar-refractivity contribution in [3.05, 3.63) is 34.2 Å². The highest BCUT2D eigenvalue weighted by molar-refractivity contribution is 8.93. The van der Waals surface area contributed by atoms with Crippen LogP contribution in [0.5, 0.6) is 0 Å². The third-order valence-corrected chi connectivity index (χ3v) is 3.29. The van der Waals surface area contributed by atoms with Crippen molar-refractivity contribution in [3.8, 4) is 0 Å². The van der Waals surface area contributed by atoms with Gasteiger partial charge in [0.1, 0.15) is 0 Å². The molecule has 106 valence electrons. The maximum atomic E-state index is 11.3.